The Morgan fingerprint density at radius 3 is 2.56 bits per heavy atom. The summed E-state index contributed by atoms with van der Waals surface area (Å²) in [4.78, 5) is 7.04. The van der Waals surface area contributed by atoms with Gasteiger partial charge in [-0.25, -0.2) is 9.67 Å². The fraction of sp³-hybridized carbons (Fsp3) is 0.105. The molecule has 2 aromatic heterocycles. The van der Waals surface area contributed by atoms with Crippen molar-refractivity contribution in [1.29, 1.82) is 0 Å². The molecule has 0 amide bonds. The Hall–Kier alpha value is -3.00. The molecule has 8 heteroatoms. The number of nitrogens with one attached hydrogen (secondary N) is 1. The maximum absolute atomic E-state index is 13.2. The standard InChI is InChI=1S/C19H13F3N4S/c20-19(21,22)15-3-1-2-13(9-15)18(26-11-23-10-24-26)14-4-6-16-12(8-14)5-7-17(27)25-16/h1-11,18H,(H,25,27). The summed E-state index contributed by atoms with van der Waals surface area (Å²) in [6.07, 6.45) is -1.56. The van der Waals surface area contributed by atoms with E-state index in [0.717, 1.165) is 28.6 Å². The van der Waals surface area contributed by atoms with Gasteiger partial charge in [0.25, 0.3) is 0 Å². The van der Waals surface area contributed by atoms with E-state index in [1.54, 1.807) is 16.8 Å². The fourth-order valence-corrected chi connectivity index (χ4v) is 3.25. The van der Waals surface area contributed by atoms with E-state index in [1.165, 1.54) is 18.7 Å². The third-order valence-corrected chi connectivity index (χ3v) is 4.53. The zero-order valence-corrected chi connectivity index (χ0v) is 14.6. The number of H-pyrrole nitrogens is 1. The summed E-state index contributed by atoms with van der Waals surface area (Å²) in [5, 5.41) is 5.06. The second-order valence-electron chi connectivity index (χ2n) is 6.07. The summed E-state index contributed by atoms with van der Waals surface area (Å²) in [5.41, 5.74) is 1.42. The number of aromatic amines is 1. The van der Waals surface area contributed by atoms with Gasteiger partial charge in [0.05, 0.1) is 5.56 Å². The highest BCUT2D eigenvalue weighted by atomic mass is 32.1. The molecular weight excluding hydrogens is 373 g/mol. The number of halogens is 3. The summed E-state index contributed by atoms with van der Waals surface area (Å²) >= 11 is 5.13. The lowest BCUT2D eigenvalue weighted by atomic mass is 9.96. The largest absolute Gasteiger partial charge is 0.416 e. The van der Waals surface area contributed by atoms with E-state index >= 15 is 0 Å². The van der Waals surface area contributed by atoms with Crippen LogP contribution >= 0.6 is 12.2 Å². The van der Waals surface area contributed by atoms with Gasteiger partial charge in [0, 0.05) is 5.52 Å². The van der Waals surface area contributed by atoms with Gasteiger partial charge < -0.3 is 4.98 Å². The Labute approximate surface area is 157 Å². The predicted molar refractivity (Wildman–Crippen MR) is 97.8 cm³/mol. The number of hydrogen-bond acceptors (Lipinski definition) is 3. The van der Waals surface area contributed by atoms with Crippen molar-refractivity contribution >= 4 is 23.1 Å². The molecule has 27 heavy (non-hydrogen) atoms. The second-order valence-corrected chi connectivity index (χ2v) is 6.51. The maximum Gasteiger partial charge on any atom is 0.416 e. The van der Waals surface area contributed by atoms with Crippen molar-refractivity contribution in [3.05, 3.63) is 88.6 Å². The van der Waals surface area contributed by atoms with E-state index in [-0.39, 0.29) is 0 Å². The van der Waals surface area contributed by atoms with Crippen LogP contribution in [0.5, 0.6) is 0 Å². The molecule has 0 saturated carbocycles. The maximum atomic E-state index is 13.2. The molecule has 4 nitrogen and oxygen atoms in total. The first-order valence-electron chi connectivity index (χ1n) is 8.06. The van der Waals surface area contributed by atoms with Crippen molar-refractivity contribution in [1.82, 2.24) is 19.7 Å². The molecule has 0 saturated heterocycles. The molecule has 1 N–H and O–H groups in total. The van der Waals surface area contributed by atoms with Crippen LogP contribution in [-0.4, -0.2) is 19.7 Å². The highest BCUT2D eigenvalue weighted by Gasteiger charge is 2.31. The van der Waals surface area contributed by atoms with Gasteiger partial charge in [-0.2, -0.15) is 18.3 Å². The van der Waals surface area contributed by atoms with E-state index in [9.17, 15) is 13.2 Å². The van der Waals surface area contributed by atoms with Crippen molar-refractivity contribution in [2.24, 2.45) is 0 Å². The molecule has 1 atom stereocenters. The smallest absolute Gasteiger partial charge is 0.346 e. The lowest BCUT2D eigenvalue weighted by Gasteiger charge is -2.20. The average molecular weight is 386 g/mol. The van der Waals surface area contributed by atoms with Crippen LogP contribution < -0.4 is 0 Å². The molecule has 0 aliphatic heterocycles. The summed E-state index contributed by atoms with van der Waals surface area (Å²) in [5.74, 6) is 0. The van der Waals surface area contributed by atoms with Crippen LogP contribution in [0.25, 0.3) is 10.9 Å². The van der Waals surface area contributed by atoms with Crippen molar-refractivity contribution in [3.63, 3.8) is 0 Å². The Morgan fingerprint density at radius 2 is 1.81 bits per heavy atom. The Kier molecular flexibility index (Phi) is 4.27. The van der Waals surface area contributed by atoms with Crippen LogP contribution in [0.1, 0.15) is 22.7 Å². The van der Waals surface area contributed by atoms with Gasteiger partial charge in [-0.05, 0) is 52.9 Å². The topological polar surface area (TPSA) is 46.5 Å². The second kappa shape index (κ2) is 6.62. The minimum Gasteiger partial charge on any atom is -0.346 e. The van der Waals surface area contributed by atoms with E-state index in [2.05, 4.69) is 15.1 Å². The molecule has 2 heterocycles. The van der Waals surface area contributed by atoms with Crippen molar-refractivity contribution < 1.29 is 13.2 Å². The molecule has 0 spiro atoms. The number of nitrogens with zero attached hydrogens (tertiary/aromatic N) is 3. The number of pyridine rings is 1. The Bertz CT molecular complexity index is 1150. The number of fused-ring (bicyclic) bond motifs is 1. The van der Waals surface area contributed by atoms with Crippen LogP contribution in [-0.2, 0) is 6.18 Å². The van der Waals surface area contributed by atoms with Gasteiger partial charge in [-0.1, -0.05) is 30.4 Å². The van der Waals surface area contributed by atoms with Crippen molar-refractivity contribution in [3.8, 4) is 0 Å². The van der Waals surface area contributed by atoms with E-state index in [0.29, 0.717) is 10.2 Å². The van der Waals surface area contributed by atoms with Crippen LogP contribution in [0.2, 0.25) is 0 Å². The molecule has 0 radical (unpaired) electrons. The van der Waals surface area contributed by atoms with E-state index in [4.69, 9.17) is 12.2 Å². The lowest BCUT2D eigenvalue weighted by molar-refractivity contribution is -0.137. The number of alkyl halides is 3. The first kappa shape index (κ1) is 17.4. The van der Waals surface area contributed by atoms with Gasteiger partial charge in [-0.3, -0.25) is 0 Å². The SMILES string of the molecule is FC(F)(F)c1cccc(C(c2ccc3[nH]c(=S)ccc3c2)n2cncn2)c1. The monoisotopic (exact) mass is 386 g/mol. The molecule has 0 fully saturated rings. The molecule has 0 bridgehead atoms. The normalized spacial score (nSPS) is 13.0. The first-order chi connectivity index (χ1) is 12.9. The predicted octanol–water partition coefficient (Wildman–Crippen LogP) is 5.15. The molecule has 0 aliphatic carbocycles. The fourth-order valence-electron chi connectivity index (χ4n) is 3.08. The van der Waals surface area contributed by atoms with Gasteiger partial charge >= 0.3 is 6.18 Å². The molecule has 2 aromatic carbocycles. The van der Waals surface area contributed by atoms with Crippen molar-refractivity contribution in [2.45, 2.75) is 12.2 Å². The zero-order chi connectivity index (χ0) is 19.0. The highest BCUT2D eigenvalue weighted by Crippen LogP contribution is 2.34. The van der Waals surface area contributed by atoms with E-state index in [1.807, 2.05) is 24.3 Å². The quantitative estimate of drug-likeness (QED) is 0.496. The molecule has 1 unspecified atom stereocenters. The summed E-state index contributed by atoms with van der Waals surface area (Å²) in [6, 6.07) is 14.0. The zero-order valence-electron chi connectivity index (χ0n) is 13.8. The molecule has 4 rings (SSSR count). The molecular formula is C19H13F3N4S. The number of rotatable bonds is 3. The van der Waals surface area contributed by atoms with E-state index < -0.39 is 17.8 Å². The first-order valence-corrected chi connectivity index (χ1v) is 8.47. The van der Waals surface area contributed by atoms with Crippen LogP contribution in [0.4, 0.5) is 13.2 Å². The number of aromatic nitrogens is 4. The average Bonchev–Trinajstić information content (AvgIpc) is 3.16. The summed E-state index contributed by atoms with van der Waals surface area (Å²) < 4.78 is 41.7. The number of benzene rings is 2. The molecule has 4 aromatic rings. The molecule has 0 aliphatic rings. The van der Waals surface area contributed by atoms with Crippen LogP contribution in [0, 0.1) is 4.64 Å². The van der Waals surface area contributed by atoms with Crippen molar-refractivity contribution in [2.75, 3.05) is 0 Å². The van der Waals surface area contributed by atoms with Crippen LogP contribution in [0.3, 0.4) is 0 Å². The lowest BCUT2D eigenvalue weighted by Crippen LogP contribution is -2.14. The highest BCUT2D eigenvalue weighted by molar-refractivity contribution is 7.71. The minimum atomic E-state index is -4.42. The molecule has 136 valence electrons. The van der Waals surface area contributed by atoms with Crippen LogP contribution in [0.15, 0.2) is 67.3 Å². The third-order valence-electron chi connectivity index (χ3n) is 4.29. The third kappa shape index (κ3) is 3.48. The Balaban J connectivity index is 1.88. The Morgan fingerprint density at radius 1 is 1.00 bits per heavy atom. The minimum absolute atomic E-state index is 0.471. The van der Waals surface area contributed by atoms with Gasteiger partial charge in [0.15, 0.2) is 0 Å². The summed E-state index contributed by atoms with van der Waals surface area (Å²) in [6.45, 7) is 0. The van der Waals surface area contributed by atoms with Gasteiger partial charge in [0.1, 0.15) is 23.3 Å². The van der Waals surface area contributed by atoms with Gasteiger partial charge in [-0.15, -0.1) is 0 Å². The summed E-state index contributed by atoms with van der Waals surface area (Å²) in [7, 11) is 0. The van der Waals surface area contributed by atoms with Gasteiger partial charge in [0.2, 0.25) is 0 Å². The number of hydrogen-bond donors (Lipinski definition) is 1.